The molecular formula is C23H21NO4. The second kappa shape index (κ2) is 7.00. The van der Waals surface area contributed by atoms with Crippen molar-refractivity contribution in [2.75, 3.05) is 4.90 Å². The van der Waals surface area contributed by atoms with Gasteiger partial charge in [0.1, 0.15) is 11.8 Å². The zero-order chi connectivity index (χ0) is 19.8. The highest BCUT2D eigenvalue weighted by atomic mass is 16.3. The Balaban J connectivity index is 1.90. The van der Waals surface area contributed by atoms with Gasteiger partial charge in [-0.3, -0.25) is 14.5 Å². The van der Waals surface area contributed by atoms with Crippen molar-refractivity contribution in [2.45, 2.75) is 26.3 Å². The fourth-order valence-corrected chi connectivity index (χ4v) is 3.75. The van der Waals surface area contributed by atoms with E-state index in [0.717, 1.165) is 10.8 Å². The monoisotopic (exact) mass is 375 g/mol. The number of rotatable bonds is 5. The van der Waals surface area contributed by atoms with Crippen molar-refractivity contribution in [2.24, 2.45) is 5.92 Å². The molecule has 2 heterocycles. The average Bonchev–Trinajstić information content (AvgIpc) is 3.28. The summed E-state index contributed by atoms with van der Waals surface area (Å²) in [5.74, 6) is -0.793. The summed E-state index contributed by atoms with van der Waals surface area (Å²) in [5.41, 5.74) is 0.727. The first-order valence-electron chi connectivity index (χ1n) is 9.30. The van der Waals surface area contributed by atoms with Crippen LogP contribution in [0.1, 0.15) is 32.1 Å². The van der Waals surface area contributed by atoms with Crippen LogP contribution in [0, 0.1) is 5.92 Å². The minimum absolute atomic E-state index is 0.0987. The first-order chi connectivity index (χ1) is 13.5. The summed E-state index contributed by atoms with van der Waals surface area (Å²) < 4.78 is 5.57. The van der Waals surface area contributed by atoms with E-state index in [2.05, 4.69) is 0 Å². The lowest BCUT2D eigenvalue weighted by molar-refractivity contribution is -0.118. The fourth-order valence-electron chi connectivity index (χ4n) is 3.75. The number of anilines is 1. The molecule has 28 heavy (non-hydrogen) atoms. The molecule has 0 saturated heterocycles. The summed E-state index contributed by atoms with van der Waals surface area (Å²) in [5, 5.41) is 12.5. The predicted molar refractivity (Wildman–Crippen MR) is 107 cm³/mol. The van der Waals surface area contributed by atoms with Crippen LogP contribution in [0.2, 0.25) is 0 Å². The van der Waals surface area contributed by atoms with Gasteiger partial charge in [0, 0.05) is 11.8 Å². The van der Waals surface area contributed by atoms with Crippen molar-refractivity contribution in [1.29, 1.82) is 0 Å². The average molecular weight is 375 g/mol. The molecule has 3 aromatic rings. The van der Waals surface area contributed by atoms with Crippen LogP contribution in [-0.2, 0) is 9.59 Å². The fraction of sp³-hybridized carbons (Fsp3) is 0.217. The van der Waals surface area contributed by atoms with Gasteiger partial charge in [0.2, 0.25) is 0 Å². The minimum Gasteiger partial charge on any atom is -0.503 e. The van der Waals surface area contributed by atoms with E-state index in [9.17, 15) is 14.7 Å². The van der Waals surface area contributed by atoms with Gasteiger partial charge in [0.05, 0.1) is 17.5 Å². The van der Waals surface area contributed by atoms with E-state index < -0.39 is 17.7 Å². The van der Waals surface area contributed by atoms with Gasteiger partial charge < -0.3 is 9.52 Å². The molecule has 2 aromatic carbocycles. The zero-order valence-electron chi connectivity index (χ0n) is 15.8. The molecule has 1 aliphatic heterocycles. The van der Waals surface area contributed by atoms with E-state index in [0.29, 0.717) is 11.4 Å². The van der Waals surface area contributed by atoms with E-state index in [1.165, 1.54) is 11.2 Å². The zero-order valence-corrected chi connectivity index (χ0v) is 15.8. The summed E-state index contributed by atoms with van der Waals surface area (Å²) in [4.78, 5) is 27.5. The highest BCUT2D eigenvalue weighted by molar-refractivity contribution is 6.18. The molecule has 0 fully saturated rings. The molecule has 1 aliphatic rings. The third kappa shape index (κ3) is 2.89. The normalized spacial score (nSPS) is 17.2. The summed E-state index contributed by atoms with van der Waals surface area (Å²) in [6.45, 7) is 3.85. The molecule has 1 atom stereocenters. The summed E-state index contributed by atoms with van der Waals surface area (Å²) >= 11 is 0. The maximum atomic E-state index is 13.1. The van der Waals surface area contributed by atoms with Gasteiger partial charge in [0.25, 0.3) is 5.91 Å². The quantitative estimate of drug-likeness (QED) is 0.685. The third-order valence-corrected chi connectivity index (χ3v) is 4.94. The number of aliphatic hydroxyl groups is 1. The van der Waals surface area contributed by atoms with Crippen LogP contribution in [-0.4, -0.2) is 16.8 Å². The van der Waals surface area contributed by atoms with Crippen molar-refractivity contribution in [3.8, 4) is 0 Å². The topological polar surface area (TPSA) is 70.8 Å². The number of hydrogen-bond acceptors (Lipinski definition) is 4. The number of carbonyl (C=O) groups is 2. The van der Waals surface area contributed by atoms with Crippen LogP contribution >= 0.6 is 0 Å². The van der Waals surface area contributed by atoms with Gasteiger partial charge in [-0.1, -0.05) is 50.2 Å². The molecule has 142 valence electrons. The van der Waals surface area contributed by atoms with E-state index in [4.69, 9.17) is 4.42 Å². The number of fused-ring (bicyclic) bond motifs is 1. The second-order valence-electron chi connectivity index (χ2n) is 7.37. The van der Waals surface area contributed by atoms with Crippen molar-refractivity contribution >= 4 is 28.2 Å². The van der Waals surface area contributed by atoms with Crippen LogP contribution in [0.15, 0.2) is 76.6 Å². The second-order valence-corrected chi connectivity index (χ2v) is 7.37. The number of carbonyl (C=O) groups excluding carboxylic acids is 2. The Bertz CT molecular complexity index is 1070. The summed E-state index contributed by atoms with van der Waals surface area (Å²) in [6, 6.07) is 16.0. The molecule has 1 aromatic heterocycles. The van der Waals surface area contributed by atoms with Crippen LogP contribution in [0.25, 0.3) is 10.8 Å². The molecule has 0 aliphatic carbocycles. The molecule has 0 radical (unpaired) electrons. The Labute approximate surface area is 162 Å². The minimum atomic E-state index is -0.792. The van der Waals surface area contributed by atoms with Crippen molar-refractivity contribution in [3.05, 3.63) is 78.0 Å². The number of ketones is 1. The number of furan rings is 1. The van der Waals surface area contributed by atoms with Crippen molar-refractivity contribution in [3.63, 3.8) is 0 Å². The number of aliphatic hydroxyl groups excluding tert-OH is 1. The SMILES string of the molecule is CC(C)CC(=O)C1=C(O)C(=O)N(c2cccc3ccccc23)C1c1ccco1. The Morgan fingerprint density at radius 3 is 2.57 bits per heavy atom. The first kappa shape index (κ1) is 18.0. The largest absolute Gasteiger partial charge is 0.503 e. The maximum Gasteiger partial charge on any atom is 0.294 e. The lowest BCUT2D eigenvalue weighted by Crippen LogP contribution is -2.31. The highest BCUT2D eigenvalue weighted by Gasteiger charge is 2.46. The van der Waals surface area contributed by atoms with Gasteiger partial charge in [-0.2, -0.15) is 0 Å². The van der Waals surface area contributed by atoms with Gasteiger partial charge in [-0.15, -0.1) is 0 Å². The third-order valence-electron chi connectivity index (χ3n) is 4.94. The van der Waals surface area contributed by atoms with E-state index >= 15 is 0 Å². The number of hydrogen-bond donors (Lipinski definition) is 1. The smallest absolute Gasteiger partial charge is 0.294 e. The standard InChI is InChI=1S/C23H21NO4/c1-14(2)13-18(25)20-21(19-11-6-12-28-19)24(23(27)22(20)26)17-10-5-8-15-7-3-4-9-16(15)17/h3-12,14,21,26H,13H2,1-2H3. The Morgan fingerprint density at radius 2 is 1.86 bits per heavy atom. The molecule has 1 amide bonds. The Kier molecular flexibility index (Phi) is 4.51. The number of amides is 1. The van der Waals surface area contributed by atoms with Gasteiger partial charge in [-0.05, 0) is 29.5 Å². The van der Waals surface area contributed by atoms with Crippen molar-refractivity contribution < 1.29 is 19.1 Å². The molecule has 0 saturated carbocycles. The van der Waals surface area contributed by atoms with E-state index in [-0.39, 0.29) is 23.7 Å². The number of Topliss-reactive ketones (excluding diaryl/α,β-unsaturated/α-hetero) is 1. The van der Waals surface area contributed by atoms with Crippen molar-refractivity contribution in [1.82, 2.24) is 0 Å². The highest BCUT2D eigenvalue weighted by Crippen LogP contribution is 2.43. The van der Waals surface area contributed by atoms with Crippen LogP contribution in [0.3, 0.4) is 0 Å². The van der Waals surface area contributed by atoms with Crippen LogP contribution in [0.5, 0.6) is 0 Å². The number of benzene rings is 2. The molecule has 0 bridgehead atoms. The predicted octanol–water partition coefficient (Wildman–Crippen LogP) is 4.95. The molecule has 5 heteroatoms. The number of nitrogens with zero attached hydrogens (tertiary/aromatic N) is 1. The van der Waals surface area contributed by atoms with E-state index in [1.807, 2.05) is 56.3 Å². The molecule has 5 nitrogen and oxygen atoms in total. The Hall–Kier alpha value is -3.34. The Morgan fingerprint density at radius 1 is 1.11 bits per heavy atom. The lowest BCUT2D eigenvalue weighted by atomic mass is 9.95. The molecule has 1 N–H and O–H groups in total. The first-order valence-corrected chi connectivity index (χ1v) is 9.30. The lowest BCUT2D eigenvalue weighted by Gasteiger charge is -2.26. The van der Waals surface area contributed by atoms with Gasteiger partial charge in [-0.25, -0.2) is 0 Å². The van der Waals surface area contributed by atoms with Gasteiger partial charge in [0.15, 0.2) is 11.5 Å². The van der Waals surface area contributed by atoms with Crippen LogP contribution in [0.4, 0.5) is 5.69 Å². The summed E-state index contributed by atoms with van der Waals surface area (Å²) in [6.07, 6.45) is 1.74. The molecule has 0 spiro atoms. The maximum absolute atomic E-state index is 13.1. The van der Waals surface area contributed by atoms with E-state index in [1.54, 1.807) is 12.1 Å². The molecular weight excluding hydrogens is 354 g/mol. The summed E-state index contributed by atoms with van der Waals surface area (Å²) in [7, 11) is 0. The molecule has 4 rings (SSSR count). The molecule has 1 unspecified atom stereocenters. The van der Waals surface area contributed by atoms with Gasteiger partial charge >= 0.3 is 0 Å². The van der Waals surface area contributed by atoms with Crippen LogP contribution < -0.4 is 4.90 Å².